The third kappa shape index (κ3) is 5.69. The van der Waals surface area contributed by atoms with Crippen LogP contribution in [0.25, 0.3) is 0 Å². The lowest BCUT2D eigenvalue weighted by Crippen LogP contribution is -2.45. The molecule has 0 aromatic heterocycles. The molecule has 2 amide bonds. The molecule has 5 nitrogen and oxygen atoms in total. The highest BCUT2D eigenvalue weighted by Crippen LogP contribution is 2.07. The fraction of sp³-hybridized carbons (Fsp3) is 0.533. The molecule has 1 heterocycles. The molecular formula is C15H23FN4O. The molecule has 0 unspecified atom stereocenters. The van der Waals surface area contributed by atoms with Crippen molar-refractivity contribution in [2.75, 3.05) is 51.6 Å². The Hall–Kier alpha value is -1.66. The van der Waals surface area contributed by atoms with Crippen molar-refractivity contribution in [3.05, 3.63) is 30.1 Å². The summed E-state index contributed by atoms with van der Waals surface area (Å²) in [6, 6.07) is 5.48. The van der Waals surface area contributed by atoms with Gasteiger partial charge in [0.05, 0.1) is 0 Å². The molecule has 21 heavy (non-hydrogen) atoms. The van der Waals surface area contributed by atoms with E-state index in [1.54, 1.807) is 12.1 Å². The van der Waals surface area contributed by atoms with Crippen LogP contribution in [0.3, 0.4) is 0 Å². The molecule has 0 bridgehead atoms. The fourth-order valence-electron chi connectivity index (χ4n) is 2.28. The van der Waals surface area contributed by atoms with Gasteiger partial charge in [-0.05, 0) is 44.3 Å². The van der Waals surface area contributed by atoms with Crippen LogP contribution < -0.4 is 10.6 Å². The third-order valence-corrected chi connectivity index (χ3v) is 3.63. The van der Waals surface area contributed by atoms with Gasteiger partial charge in [0.25, 0.3) is 0 Å². The highest BCUT2D eigenvalue weighted by molar-refractivity contribution is 5.89. The number of halogens is 1. The van der Waals surface area contributed by atoms with Crippen molar-refractivity contribution in [2.24, 2.45) is 0 Å². The van der Waals surface area contributed by atoms with Crippen molar-refractivity contribution < 1.29 is 9.18 Å². The van der Waals surface area contributed by atoms with E-state index < -0.39 is 0 Å². The summed E-state index contributed by atoms with van der Waals surface area (Å²) in [6.45, 7) is 6.05. The summed E-state index contributed by atoms with van der Waals surface area (Å²) < 4.78 is 12.7. The Balaban J connectivity index is 1.58. The standard InChI is InChI=1S/C15H23FN4O/c1-19-9-11-20(12-10-19)8-2-7-17-15(21)18-14-5-3-13(16)4-6-14/h3-6H,2,7-12H2,1H3,(H2,17,18,21). The second-order valence-electron chi connectivity index (χ2n) is 5.39. The largest absolute Gasteiger partial charge is 0.338 e. The van der Waals surface area contributed by atoms with Gasteiger partial charge in [0.1, 0.15) is 5.82 Å². The molecule has 0 radical (unpaired) electrons. The molecule has 0 atom stereocenters. The first-order valence-electron chi connectivity index (χ1n) is 7.35. The second-order valence-corrected chi connectivity index (χ2v) is 5.39. The van der Waals surface area contributed by atoms with Crippen molar-refractivity contribution in [3.63, 3.8) is 0 Å². The molecule has 6 heteroatoms. The molecule has 0 aliphatic carbocycles. The van der Waals surface area contributed by atoms with Crippen molar-refractivity contribution >= 4 is 11.7 Å². The van der Waals surface area contributed by atoms with E-state index in [1.165, 1.54) is 12.1 Å². The van der Waals surface area contributed by atoms with Gasteiger partial charge in [-0.3, -0.25) is 0 Å². The number of nitrogens with zero attached hydrogens (tertiary/aromatic N) is 2. The van der Waals surface area contributed by atoms with Crippen LogP contribution in [0.4, 0.5) is 14.9 Å². The molecule has 2 rings (SSSR count). The lowest BCUT2D eigenvalue weighted by molar-refractivity contribution is 0.153. The molecule has 116 valence electrons. The van der Waals surface area contributed by atoms with Gasteiger partial charge in [-0.15, -0.1) is 0 Å². The van der Waals surface area contributed by atoms with Crippen LogP contribution in [0.2, 0.25) is 0 Å². The number of piperazine rings is 1. The van der Waals surface area contributed by atoms with Crippen LogP contribution in [0.15, 0.2) is 24.3 Å². The summed E-state index contributed by atoms with van der Waals surface area (Å²) in [5.41, 5.74) is 0.591. The number of carbonyl (C=O) groups is 1. The van der Waals surface area contributed by atoms with Gasteiger partial charge in [0, 0.05) is 38.4 Å². The predicted molar refractivity (Wildman–Crippen MR) is 82.0 cm³/mol. The number of hydrogen-bond acceptors (Lipinski definition) is 3. The van der Waals surface area contributed by atoms with Gasteiger partial charge in [0.15, 0.2) is 0 Å². The maximum absolute atomic E-state index is 12.7. The molecule has 1 aliphatic rings. The number of likely N-dealkylation sites (N-methyl/N-ethyl adjacent to an activating group) is 1. The lowest BCUT2D eigenvalue weighted by Gasteiger charge is -2.32. The molecule has 1 aromatic rings. The summed E-state index contributed by atoms with van der Waals surface area (Å²) in [7, 11) is 2.14. The highest BCUT2D eigenvalue weighted by atomic mass is 19.1. The molecule has 1 aromatic carbocycles. The number of anilines is 1. The monoisotopic (exact) mass is 294 g/mol. The third-order valence-electron chi connectivity index (χ3n) is 3.63. The van der Waals surface area contributed by atoms with Gasteiger partial charge >= 0.3 is 6.03 Å². The summed E-state index contributed by atoms with van der Waals surface area (Å²) in [5, 5.41) is 5.49. The first-order chi connectivity index (χ1) is 10.1. The van der Waals surface area contributed by atoms with E-state index in [2.05, 4.69) is 27.5 Å². The normalized spacial score (nSPS) is 16.7. The van der Waals surface area contributed by atoms with Crippen molar-refractivity contribution in [1.82, 2.24) is 15.1 Å². The molecule has 0 spiro atoms. The van der Waals surface area contributed by atoms with Gasteiger partial charge in [0.2, 0.25) is 0 Å². The number of nitrogens with one attached hydrogen (secondary N) is 2. The lowest BCUT2D eigenvalue weighted by atomic mass is 10.3. The first-order valence-corrected chi connectivity index (χ1v) is 7.35. The summed E-state index contributed by atoms with van der Waals surface area (Å²) in [5.74, 6) is -0.312. The number of hydrogen-bond donors (Lipinski definition) is 2. The number of amides is 2. The summed E-state index contributed by atoms with van der Waals surface area (Å²) in [4.78, 5) is 16.4. The van der Waals surface area contributed by atoms with Crippen LogP contribution in [-0.4, -0.2) is 62.1 Å². The van der Waals surface area contributed by atoms with Gasteiger partial charge < -0.3 is 20.4 Å². The minimum absolute atomic E-state index is 0.250. The number of carbonyl (C=O) groups excluding carboxylic acids is 1. The smallest absolute Gasteiger partial charge is 0.319 e. The maximum Gasteiger partial charge on any atom is 0.319 e. The van der Waals surface area contributed by atoms with E-state index >= 15 is 0 Å². The molecule has 0 saturated carbocycles. The number of urea groups is 1. The van der Waals surface area contributed by atoms with Crippen LogP contribution >= 0.6 is 0 Å². The van der Waals surface area contributed by atoms with Crippen LogP contribution in [0.5, 0.6) is 0 Å². The van der Waals surface area contributed by atoms with Crippen LogP contribution in [0, 0.1) is 5.82 Å². The summed E-state index contributed by atoms with van der Waals surface area (Å²) >= 11 is 0. The average molecular weight is 294 g/mol. The highest BCUT2D eigenvalue weighted by Gasteiger charge is 2.12. The number of benzene rings is 1. The molecule has 2 N–H and O–H groups in total. The Labute approximate surface area is 125 Å². The maximum atomic E-state index is 12.7. The summed E-state index contributed by atoms with van der Waals surface area (Å²) in [6.07, 6.45) is 0.931. The fourth-order valence-corrected chi connectivity index (χ4v) is 2.28. The van der Waals surface area contributed by atoms with E-state index in [-0.39, 0.29) is 11.8 Å². The average Bonchev–Trinajstić information content (AvgIpc) is 2.48. The Morgan fingerprint density at radius 3 is 2.52 bits per heavy atom. The van der Waals surface area contributed by atoms with Crippen LogP contribution in [-0.2, 0) is 0 Å². The molecule has 1 aliphatic heterocycles. The van der Waals surface area contributed by atoms with Crippen molar-refractivity contribution in [3.8, 4) is 0 Å². The van der Waals surface area contributed by atoms with Gasteiger partial charge in [-0.2, -0.15) is 0 Å². The van der Waals surface area contributed by atoms with E-state index in [0.29, 0.717) is 12.2 Å². The Morgan fingerprint density at radius 2 is 1.86 bits per heavy atom. The molecular weight excluding hydrogens is 271 g/mol. The Kier molecular flexibility index (Phi) is 5.95. The Morgan fingerprint density at radius 1 is 1.19 bits per heavy atom. The van der Waals surface area contributed by atoms with Gasteiger partial charge in [-0.25, -0.2) is 9.18 Å². The zero-order chi connectivity index (χ0) is 15.1. The predicted octanol–water partition coefficient (Wildman–Crippen LogP) is 1.58. The van der Waals surface area contributed by atoms with Crippen LogP contribution in [0.1, 0.15) is 6.42 Å². The van der Waals surface area contributed by atoms with Crippen molar-refractivity contribution in [2.45, 2.75) is 6.42 Å². The SMILES string of the molecule is CN1CCN(CCCNC(=O)Nc2ccc(F)cc2)CC1. The minimum atomic E-state index is -0.312. The van der Waals surface area contributed by atoms with E-state index in [0.717, 1.165) is 39.1 Å². The quantitative estimate of drug-likeness (QED) is 0.811. The number of rotatable bonds is 5. The Bertz CT molecular complexity index is 443. The zero-order valence-corrected chi connectivity index (χ0v) is 12.4. The van der Waals surface area contributed by atoms with E-state index in [9.17, 15) is 9.18 Å². The van der Waals surface area contributed by atoms with E-state index in [1.807, 2.05) is 0 Å². The second kappa shape index (κ2) is 7.95. The van der Waals surface area contributed by atoms with E-state index in [4.69, 9.17) is 0 Å². The molecule has 1 saturated heterocycles. The molecule has 1 fully saturated rings. The zero-order valence-electron chi connectivity index (χ0n) is 12.4. The van der Waals surface area contributed by atoms with Gasteiger partial charge in [-0.1, -0.05) is 0 Å². The first kappa shape index (κ1) is 15.7. The topological polar surface area (TPSA) is 47.6 Å². The van der Waals surface area contributed by atoms with Crippen molar-refractivity contribution in [1.29, 1.82) is 0 Å². The minimum Gasteiger partial charge on any atom is -0.338 e.